The van der Waals surface area contributed by atoms with E-state index >= 15 is 0 Å². The molecular weight excluding hydrogens is 1080 g/mol. The Bertz CT molecular complexity index is 2290. The quantitative estimate of drug-likeness (QED) is 0.0223. The van der Waals surface area contributed by atoms with Crippen molar-refractivity contribution in [1.82, 2.24) is 41.3 Å². The van der Waals surface area contributed by atoms with Crippen LogP contribution in [0.5, 0.6) is 0 Å². The SMILES string of the molecule is CC(C)CCCCCCCCCCC1CC(=O)N[C@H]([C@@H](C)O)C(=O)N2CCC[C@@H]2C(=O)N2CCC[C@@H]2C(=O)N[C@@H](CCCN=C(N)N)C(=O)N[C@H]([C@@H](O)C(=O)O)C(=O)N[C@@H](CO)C(=O)N2CC[C@H](O)[C@H]2C(=O)N[C@@H]([C@H](O)C(=O)O)C(=O)O1. The number of nitrogens with one attached hydrogen (secondary N) is 5. The maximum Gasteiger partial charge on any atom is 0.335 e. The number of cyclic esters (lactones) is 1. The lowest BCUT2D eigenvalue weighted by atomic mass is 10.0. The molecule has 0 spiro atoms. The maximum atomic E-state index is 14.5. The molecule has 4 aliphatic rings. The number of nitrogens with two attached hydrogens (primary N) is 2. The molecule has 0 aromatic carbocycles. The van der Waals surface area contributed by atoms with E-state index in [4.69, 9.17) is 16.2 Å². The summed E-state index contributed by atoms with van der Waals surface area (Å²) in [6.07, 6.45) is -3.13. The lowest BCUT2D eigenvalue weighted by Gasteiger charge is -2.34. The lowest BCUT2D eigenvalue weighted by molar-refractivity contribution is -0.165. The molecule has 1 unspecified atom stereocenters. The minimum absolute atomic E-state index is 0.00881. The predicted molar refractivity (Wildman–Crippen MR) is 287 cm³/mol. The molecule has 30 nitrogen and oxygen atoms in total. The first-order valence-corrected chi connectivity index (χ1v) is 28.3. The number of aliphatic hydroxyl groups excluding tert-OH is 5. The van der Waals surface area contributed by atoms with Gasteiger partial charge in [0, 0.05) is 26.2 Å². The largest absolute Gasteiger partial charge is 0.479 e. The van der Waals surface area contributed by atoms with E-state index in [9.17, 15) is 88.5 Å². The van der Waals surface area contributed by atoms with Crippen LogP contribution in [0, 0.1) is 5.92 Å². The Morgan fingerprint density at radius 1 is 0.610 bits per heavy atom. The molecule has 4 aliphatic heterocycles. The summed E-state index contributed by atoms with van der Waals surface area (Å²) in [5, 5.41) is 84.9. The van der Waals surface area contributed by atoms with Gasteiger partial charge < -0.3 is 93.2 Å². The monoisotopic (exact) mass is 1170 g/mol. The molecule has 4 heterocycles. The number of ether oxygens (including phenoxy) is 1. The van der Waals surface area contributed by atoms with Gasteiger partial charge in [0.15, 0.2) is 24.2 Å². The van der Waals surface area contributed by atoms with Crippen LogP contribution >= 0.6 is 0 Å². The van der Waals surface area contributed by atoms with Gasteiger partial charge in [-0.15, -0.1) is 0 Å². The minimum atomic E-state index is -2.76. The standard InChI is InChI=1S/C52H85N11O19/c1-27(2)15-10-8-6-4-5-7-9-11-16-29-25-35(67)58-36(28(3)65)48(76)62-23-14-19-33(62)47(75)61-22-13-18-32(61)43(71)56-30(17-12-21-55-52(53)54)42(70)59-37(40(68)49(77)78)44(72)57-31(26-64)46(74)63-24-20-34(66)39(63)45(73)60-38(51(81)82-29)41(69)50(79)80/h27-34,36-41,64-66,68-69H,4-26H2,1-3H3,(H,56,71)(H,57,72)(H,58,67)(H,59,70)(H,60,73)(H,77,78)(H,79,80)(H4,53,54,55)/t28-,29?,30+,31+,32-,33-,34+,36-,37-,38+,39+,40-,41+/m1/s1. The average Bonchev–Trinajstić information content (AvgIpc) is 4.40. The van der Waals surface area contributed by atoms with Gasteiger partial charge in [-0.1, -0.05) is 65.2 Å². The first kappa shape index (κ1) is 67.7. The van der Waals surface area contributed by atoms with Crippen molar-refractivity contribution in [3.63, 3.8) is 0 Å². The van der Waals surface area contributed by atoms with Crippen LogP contribution in [-0.4, -0.2) is 233 Å². The van der Waals surface area contributed by atoms with Crippen molar-refractivity contribution in [2.24, 2.45) is 22.4 Å². The van der Waals surface area contributed by atoms with E-state index in [1.165, 1.54) is 11.8 Å². The molecule has 4 saturated heterocycles. The number of carboxylic acid groups (broad SMARTS) is 2. The van der Waals surface area contributed by atoms with Gasteiger partial charge in [0.2, 0.25) is 47.3 Å². The van der Waals surface area contributed by atoms with Crippen molar-refractivity contribution in [2.45, 2.75) is 215 Å². The number of esters is 1. The van der Waals surface area contributed by atoms with E-state index in [0.717, 1.165) is 49.8 Å². The van der Waals surface area contributed by atoms with E-state index in [1.54, 1.807) is 0 Å². The van der Waals surface area contributed by atoms with Gasteiger partial charge in [-0.3, -0.25) is 43.3 Å². The molecule has 0 aromatic heterocycles. The van der Waals surface area contributed by atoms with Crippen LogP contribution in [0.15, 0.2) is 4.99 Å². The smallest absolute Gasteiger partial charge is 0.335 e. The summed E-state index contributed by atoms with van der Waals surface area (Å²) in [6, 6.07) is -14.9. The second kappa shape index (κ2) is 32.8. The van der Waals surface area contributed by atoms with Gasteiger partial charge >= 0.3 is 17.9 Å². The number of aliphatic hydroxyl groups is 5. The maximum absolute atomic E-state index is 14.5. The normalized spacial score (nSPS) is 28.0. The van der Waals surface area contributed by atoms with Crippen LogP contribution in [0.2, 0.25) is 0 Å². The topological polar surface area (TPSA) is 473 Å². The molecule has 82 heavy (non-hydrogen) atoms. The van der Waals surface area contributed by atoms with E-state index in [1.807, 2.05) is 10.6 Å². The number of nitrogens with zero attached hydrogens (tertiary/aromatic N) is 4. The molecule has 4 fully saturated rings. The second-order valence-corrected chi connectivity index (χ2v) is 21.9. The van der Waals surface area contributed by atoms with E-state index in [-0.39, 0.29) is 77.0 Å². The molecule has 16 N–H and O–H groups in total. The summed E-state index contributed by atoms with van der Waals surface area (Å²) in [4.78, 5) is 159. The third-order valence-electron chi connectivity index (χ3n) is 15.0. The number of unbranched alkanes of at least 4 members (excludes halogenated alkanes) is 7. The number of guanidine groups is 1. The summed E-state index contributed by atoms with van der Waals surface area (Å²) >= 11 is 0. The first-order chi connectivity index (χ1) is 38.8. The van der Waals surface area contributed by atoms with E-state index in [2.05, 4.69) is 34.8 Å². The molecule has 0 bridgehead atoms. The highest BCUT2D eigenvalue weighted by atomic mass is 16.5. The fraction of sp³-hybridized carbons (Fsp3) is 0.769. The van der Waals surface area contributed by atoms with Gasteiger partial charge in [0.25, 0.3) is 0 Å². The summed E-state index contributed by atoms with van der Waals surface area (Å²) in [5.41, 5.74) is 10.9. The zero-order chi connectivity index (χ0) is 61.0. The fourth-order valence-electron chi connectivity index (χ4n) is 10.6. The van der Waals surface area contributed by atoms with Gasteiger partial charge in [-0.2, -0.15) is 0 Å². The van der Waals surface area contributed by atoms with Crippen molar-refractivity contribution in [2.75, 3.05) is 32.8 Å². The summed E-state index contributed by atoms with van der Waals surface area (Å²) in [5.74, 6) is -14.5. The molecule has 0 saturated carbocycles. The van der Waals surface area contributed by atoms with Crippen molar-refractivity contribution in [1.29, 1.82) is 0 Å². The van der Waals surface area contributed by atoms with Gasteiger partial charge in [-0.05, 0) is 70.6 Å². The fourth-order valence-corrected chi connectivity index (χ4v) is 10.6. The van der Waals surface area contributed by atoms with Crippen molar-refractivity contribution < 1.29 is 93.2 Å². The number of carboxylic acids is 2. The predicted octanol–water partition coefficient (Wildman–Crippen LogP) is -4.46. The number of rotatable bonds is 21. The number of amides is 8. The third kappa shape index (κ3) is 19.4. The third-order valence-corrected chi connectivity index (χ3v) is 15.0. The number of carbonyl (C=O) groups is 11. The molecule has 462 valence electrons. The molecule has 8 amide bonds. The zero-order valence-corrected chi connectivity index (χ0v) is 46.8. The highest BCUT2D eigenvalue weighted by Gasteiger charge is 2.48. The summed E-state index contributed by atoms with van der Waals surface area (Å²) in [7, 11) is 0. The lowest BCUT2D eigenvalue weighted by Crippen LogP contribution is -2.64. The highest BCUT2D eigenvalue weighted by molar-refractivity contribution is 6.00. The zero-order valence-electron chi connectivity index (χ0n) is 46.8. The van der Waals surface area contributed by atoms with Crippen molar-refractivity contribution >= 4 is 71.1 Å². The molecule has 0 radical (unpaired) electrons. The Morgan fingerprint density at radius 3 is 1.76 bits per heavy atom. The molecule has 30 heteroatoms. The first-order valence-electron chi connectivity index (χ1n) is 28.3. The van der Waals surface area contributed by atoms with Crippen LogP contribution in [0.25, 0.3) is 0 Å². The van der Waals surface area contributed by atoms with Crippen LogP contribution in [0.3, 0.4) is 0 Å². The van der Waals surface area contributed by atoms with E-state index < -0.39 is 164 Å². The minimum Gasteiger partial charge on any atom is -0.479 e. The van der Waals surface area contributed by atoms with Gasteiger partial charge in [0.1, 0.15) is 48.4 Å². The van der Waals surface area contributed by atoms with Crippen molar-refractivity contribution in [3.05, 3.63) is 0 Å². The Labute approximate surface area is 474 Å². The summed E-state index contributed by atoms with van der Waals surface area (Å²) in [6.45, 7) is 3.64. The van der Waals surface area contributed by atoms with Crippen LogP contribution < -0.4 is 38.1 Å². The van der Waals surface area contributed by atoms with Crippen LogP contribution in [0.4, 0.5) is 0 Å². The Morgan fingerprint density at radius 2 is 1.17 bits per heavy atom. The number of hydrogen-bond acceptors (Lipinski definition) is 18. The number of aliphatic carboxylic acids is 2. The Hall–Kier alpha value is -6.76. The highest BCUT2D eigenvalue weighted by Crippen LogP contribution is 2.27. The number of hydrogen-bond donors (Lipinski definition) is 14. The Balaban J connectivity index is 1.76. The number of fused-ring (bicyclic) bond motifs is 3. The molecule has 4 rings (SSSR count). The van der Waals surface area contributed by atoms with Crippen LogP contribution in [0.1, 0.15) is 136 Å². The second-order valence-electron chi connectivity index (χ2n) is 21.9. The number of carbonyl (C=O) groups excluding carboxylic acids is 9. The summed E-state index contributed by atoms with van der Waals surface area (Å²) < 4.78 is 5.67. The molecule has 13 atom stereocenters. The average molecular weight is 1170 g/mol. The van der Waals surface area contributed by atoms with Gasteiger partial charge in [0.05, 0.1) is 25.2 Å². The number of aliphatic imine (C=N–C) groups is 1. The molecule has 0 aliphatic carbocycles. The van der Waals surface area contributed by atoms with Crippen molar-refractivity contribution in [3.8, 4) is 0 Å². The Kier molecular flexibility index (Phi) is 27.1. The molecular formula is C52H85N11O19. The van der Waals surface area contributed by atoms with Crippen LogP contribution in [-0.2, 0) is 57.5 Å². The molecule has 0 aromatic rings. The van der Waals surface area contributed by atoms with Gasteiger partial charge in [-0.25, -0.2) is 14.4 Å². The van der Waals surface area contributed by atoms with E-state index in [0.29, 0.717) is 23.7 Å².